The molecule has 2 rings (SSSR count). The standard InChI is InChI=1S/C12H19ClN4/c1-3-9-8-17(10(4-2)7-14-9)12-6-5-11(13)15-16-12/h5-6,9-10,14H,3-4,7-8H2,1-2H3. The number of aromatic nitrogens is 2. The number of rotatable bonds is 3. The lowest BCUT2D eigenvalue weighted by Gasteiger charge is -2.40. The van der Waals surface area contributed by atoms with Crippen LogP contribution in [0.3, 0.4) is 0 Å². The van der Waals surface area contributed by atoms with Gasteiger partial charge in [-0.25, -0.2) is 0 Å². The van der Waals surface area contributed by atoms with E-state index in [0.29, 0.717) is 17.2 Å². The third-order valence-corrected chi connectivity index (χ3v) is 3.58. The molecular weight excluding hydrogens is 236 g/mol. The van der Waals surface area contributed by atoms with Gasteiger partial charge in [0.1, 0.15) is 0 Å². The summed E-state index contributed by atoms with van der Waals surface area (Å²) in [4.78, 5) is 2.34. The van der Waals surface area contributed by atoms with Crippen molar-refractivity contribution in [2.75, 3.05) is 18.0 Å². The molecule has 94 valence electrons. The molecule has 2 unspecified atom stereocenters. The Bertz CT molecular complexity index is 354. The molecule has 1 saturated heterocycles. The van der Waals surface area contributed by atoms with Crippen molar-refractivity contribution in [1.82, 2.24) is 15.5 Å². The number of nitrogens with zero attached hydrogens (tertiary/aromatic N) is 3. The first kappa shape index (κ1) is 12.6. The van der Waals surface area contributed by atoms with E-state index in [1.807, 2.05) is 6.07 Å². The van der Waals surface area contributed by atoms with Crippen molar-refractivity contribution in [3.8, 4) is 0 Å². The molecular formula is C12H19ClN4. The number of hydrogen-bond acceptors (Lipinski definition) is 4. The predicted octanol–water partition coefficient (Wildman–Crippen LogP) is 2.10. The van der Waals surface area contributed by atoms with E-state index in [9.17, 15) is 0 Å². The maximum absolute atomic E-state index is 5.77. The summed E-state index contributed by atoms with van der Waals surface area (Å²) < 4.78 is 0. The summed E-state index contributed by atoms with van der Waals surface area (Å²) in [5.74, 6) is 0.932. The fourth-order valence-electron chi connectivity index (χ4n) is 2.24. The normalized spacial score (nSPS) is 25.0. The lowest BCUT2D eigenvalue weighted by Crippen LogP contribution is -2.56. The molecule has 2 atom stereocenters. The van der Waals surface area contributed by atoms with Crippen molar-refractivity contribution in [2.45, 2.75) is 38.8 Å². The van der Waals surface area contributed by atoms with Crippen LogP contribution in [0.5, 0.6) is 0 Å². The molecule has 1 aromatic heterocycles. The second kappa shape index (κ2) is 5.65. The third kappa shape index (κ3) is 2.87. The Morgan fingerprint density at radius 3 is 2.76 bits per heavy atom. The van der Waals surface area contributed by atoms with Gasteiger partial charge < -0.3 is 10.2 Å². The lowest BCUT2D eigenvalue weighted by molar-refractivity contribution is 0.376. The van der Waals surface area contributed by atoms with Gasteiger partial charge in [0.25, 0.3) is 0 Å². The van der Waals surface area contributed by atoms with Crippen molar-refractivity contribution >= 4 is 17.4 Å². The van der Waals surface area contributed by atoms with Crippen LogP contribution in [0.1, 0.15) is 26.7 Å². The van der Waals surface area contributed by atoms with E-state index in [4.69, 9.17) is 11.6 Å². The van der Waals surface area contributed by atoms with Crippen LogP contribution in [0, 0.1) is 0 Å². The SMILES string of the molecule is CCC1CN(c2ccc(Cl)nn2)C(CC)CN1. The summed E-state index contributed by atoms with van der Waals surface area (Å²) in [5, 5.41) is 12.1. The zero-order valence-corrected chi connectivity index (χ0v) is 11.1. The summed E-state index contributed by atoms with van der Waals surface area (Å²) in [6, 6.07) is 4.79. The molecule has 0 aliphatic carbocycles. The van der Waals surface area contributed by atoms with E-state index in [1.54, 1.807) is 6.07 Å². The average Bonchev–Trinajstić information content (AvgIpc) is 2.39. The summed E-state index contributed by atoms with van der Waals surface area (Å²) in [5.41, 5.74) is 0. The minimum atomic E-state index is 0.448. The molecule has 0 aromatic carbocycles. The maximum Gasteiger partial charge on any atom is 0.151 e. The monoisotopic (exact) mass is 254 g/mol. The van der Waals surface area contributed by atoms with Crippen LogP contribution >= 0.6 is 11.6 Å². The van der Waals surface area contributed by atoms with Gasteiger partial charge in [-0.2, -0.15) is 0 Å². The van der Waals surface area contributed by atoms with E-state index >= 15 is 0 Å². The molecule has 2 heterocycles. The summed E-state index contributed by atoms with van der Waals surface area (Å²) in [6.45, 7) is 6.41. The van der Waals surface area contributed by atoms with Crippen LogP contribution < -0.4 is 10.2 Å². The first-order valence-electron chi connectivity index (χ1n) is 6.23. The number of hydrogen-bond donors (Lipinski definition) is 1. The van der Waals surface area contributed by atoms with Crippen LogP contribution in [0.15, 0.2) is 12.1 Å². The van der Waals surface area contributed by atoms with E-state index in [2.05, 4.69) is 34.3 Å². The van der Waals surface area contributed by atoms with Gasteiger partial charge >= 0.3 is 0 Å². The number of anilines is 1. The van der Waals surface area contributed by atoms with Gasteiger partial charge in [0.2, 0.25) is 0 Å². The Morgan fingerprint density at radius 1 is 1.35 bits per heavy atom. The van der Waals surface area contributed by atoms with E-state index in [0.717, 1.165) is 31.7 Å². The zero-order chi connectivity index (χ0) is 12.3. The minimum Gasteiger partial charge on any atom is -0.349 e. The molecule has 1 aliphatic rings. The molecule has 0 saturated carbocycles. The molecule has 0 amide bonds. The molecule has 1 aliphatic heterocycles. The van der Waals surface area contributed by atoms with Crippen molar-refractivity contribution in [2.24, 2.45) is 0 Å². The van der Waals surface area contributed by atoms with Gasteiger partial charge in [0, 0.05) is 25.2 Å². The van der Waals surface area contributed by atoms with Crippen LogP contribution in [0.25, 0.3) is 0 Å². The van der Waals surface area contributed by atoms with Crippen molar-refractivity contribution in [3.05, 3.63) is 17.3 Å². The number of nitrogens with one attached hydrogen (secondary N) is 1. The molecule has 0 spiro atoms. The quantitative estimate of drug-likeness (QED) is 0.897. The summed E-state index contributed by atoms with van der Waals surface area (Å²) in [6.07, 6.45) is 2.24. The second-order valence-electron chi connectivity index (χ2n) is 4.44. The van der Waals surface area contributed by atoms with Gasteiger partial charge in [-0.1, -0.05) is 25.4 Å². The molecule has 4 nitrogen and oxygen atoms in total. The van der Waals surface area contributed by atoms with Crippen molar-refractivity contribution in [3.63, 3.8) is 0 Å². The fraction of sp³-hybridized carbons (Fsp3) is 0.667. The smallest absolute Gasteiger partial charge is 0.151 e. The summed E-state index contributed by atoms with van der Waals surface area (Å²) >= 11 is 5.77. The van der Waals surface area contributed by atoms with Crippen LogP contribution in [-0.4, -0.2) is 35.4 Å². The van der Waals surface area contributed by atoms with Crippen LogP contribution in [0.4, 0.5) is 5.82 Å². The summed E-state index contributed by atoms with van der Waals surface area (Å²) in [7, 11) is 0. The molecule has 5 heteroatoms. The zero-order valence-electron chi connectivity index (χ0n) is 10.4. The predicted molar refractivity (Wildman–Crippen MR) is 70.5 cm³/mol. The third-order valence-electron chi connectivity index (χ3n) is 3.38. The lowest BCUT2D eigenvalue weighted by atomic mass is 10.1. The van der Waals surface area contributed by atoms with Crippen LogP contribution in [0.2, 0.25) is 5.15 Å². The Hall–Kier alpha value is -0.870. The van der Waals surface area contributed by atoms with Gasteiger partial charge in [0.05, 0.1) is 0 Å². The molecule has 1 N–H and O–H groups in total. The Balaban J connectivity index is 2.17. The number of piperazine rings is 1. The highest BCUT2D eigenvalue weighted by atomic mass is 35.5. The van der Waals surface area contributed by atoms with Gasteiger partial charge in [-0.3, -0.25) is 0 Å². The van der Waals surface area contributed by atoms with Gasteiger partial charge in [-0.05, 0) is 25.0 Å². The van der Waals surface area contributed by atoms with Gasteiger partial charge in [0.15, 0.2) is 11.0 Å². The maximum atomic E-state index is 5.77. The fourth-order valence-corrected chi connectivity index (χ4v) is 2.35. The first-order chi connectivity index (χ1) is 8.24. The largest absolute Gasteiger partial charge is 0.349 e. The van der Waals surface area contributed by atoms with Crippen molar-refractivity contribution < 1.29 is 0 Å². The topological polar surface area (TPSA) is 41.1 Å². The highest BCUT2D eigenvalue weighted by molar-refractivity contribution is 6.29. The Morgan fingerprint density at radius 2 is 2.18 bits per heavy atom. The highest BCUT2D eigenvalue weighted by Crippen LogP contribution is 2.20. The molecule has 0 radical (unpaired) electrons. The number of halogens is 1. The van der Waals surface area contributed by atoms with E-state index in [1.165, 1.54) is 0 Å². The molecule has 17 heavy (non-hydrogen) atoms. The minimum absolute atomic E-state index is 0.448. The Kier molecular flexibility index (Phi) is 4.18. The highest BCUT2D eigenvalue weighted by Gasteiger charge is 2.26. The van der Waals surface area contributed by atoms with Gasteiger partial charge in [-0.15, -0.1) is 10.2 Å². The van der Waals surface area contributed by atoms with E-state index < -0.39 is 0 Å². The molecule has 1 aromatic rings. The van der Waals surface area contributed by atoms with Crippen molar-refractivity contribution in [1.29, 1.82) is 0 Å². The molecule has 1 fully saturated rings. The van der Waals surface area contributed by atoms with Crippen LogP contribution in [-0.2, 0) is 0 Å². The molecule has 0 bridgehead atoms. The Labute approximate surface area is 107 Å². The first-order valence-corrected chi connectivity index (χ1v) is 6.61. The second-order valence-corrected chi connectivity index (χ2v) is 4.83. The average molecular weight is 255 g/mol. The van der Waals surface area contributed by atoms with E-state index in [-0.39, 0.29) is 0 Å².